The van der Waals surface area contributed by atoms with Crippen molar-refractivity contribution in [2.24, 2.45) is 11.8 Å². The van der Waals surface area contributed by atoms with Gasteiger partial charge in [0.1, 0.15) is 11.6 Å². The van der Waals surface area contributed by atoms with Crippen molar-refractivity contribution in [2.75, 3.05) is 24.6 Å². The minimum absolute atomic E-state index is 0.0500. The number of nitrogens with zero attached hydrogens (tertiary/aromatic N) is 2. The van der Waals surface area contributed by atoms with Crippen LogP contribution < -0.4 is 4.90 Å². The third-order valence-corrected chi connectivity index (χ3v) is 7.42. The maximum absolute atomic E-state index is 14.1. The Hall–Kier alpha value is -2.42. The fourth-order valence-corrected chi connectivity index (χ4v) is 6.02. The first kappa shape index (κ1) is 23.7. The van der Waals surface area contributed by atoms with Gasteiger partial charge >= 0.3 is 5.97 Å². The van der Waals surface area contributed by atoms with E-state index in [1.807, 2.05) is 0 Å². The zero-order chi connectivity index (χ0) is 23.8. The van der Waals surface area contributed by atoms with E-state index in [-0.39, 0.29) is 31.5 Å². The number of hydrogen-bond donors (Lipinski definition) is 2. The van der Waals surface area contributed by atoms with E-state index < -0.39 is 35.6 Å². The van der Waals surface area contributed by atoms with Gasteiger partial charge in [-0.15, -0.1) is 6.58 Å². The number of halogens is 1. The second-order valence-electron chi connectivity index (χ2n) is 8.90. The first-order valence-corrected chi connectivity index (χ1v) is 11.7. The zero-order valence-corrected chi connectivity index (χ0v) is 19.1. The van der Waals surface area contributed by atoms with Crippen molar-refractivity contribution in [3.63, 3.8) is 0 Å². The van der Waals surface area contributed by atoms with Gasteiger partial charge in [-0.05, 0) is 44.2 Å². The third kappa shape index (κ3) is 3.84. The van der Waals surface area contributed by atoms with E-state index in [2.05, 4.69) is 6.58 Å². The van der Waals surface area contributed by atoms with Gasteiger partial charge in [0, 0.05) is 19.7 Å². The summed E-state index contributed by atoms with van der Waals surface area (Å²) in [7, 11) is 0. The Labute approximate surface area is 197 Å². The molecule has 2 N–H and O–H groups in total. The molecule has 0 aromatic heterocycles. The van der Waals surface area contributed by atoms with E-state index in [0.29, 0.717) is 42.8 Å². The molecule has 3 aliphatic heterocycles. The van der Waals surface area contributed by atoms with E-state index in [1.165, 1.54) is 9.80 Å². The Morgan fingerprint density at radius 3 is 2.73 bits per heavy atom. The van der Waals surface area contributed by atoms with Crippen molar-refractivity contribution in [1.82, 2.24) is 4.90 Å². The summed E-state index contributed by atoms with van der Waals surface area (Å²) in [4.78, 5) is 42.7. The number of anilines is 1. The van der Waals surface area contributed by atoms with Crippen LogP contribution in [0, 0.1) is 11.8 Å². The Kier molecular flexibility index (Phi) is 6.79. The average Bonchev–Trinajstić information content (AvgIpc) is 3.43. The van der Waals surface area contributed by atoms with E-state index >= 15 is 0 Å². The lowest BCUT2D eigenvalue weighted by molar-refractivity contribution is -0.149. The van der Waals surface area contributed by atoms with E-state index in [0.717, 1.165) is 0 Å². The molecule has 8 nitrogen and oxygen atoms in total. The smallest absolute Gasteiger partial charge is 0.310 e. The Morgan fingerprint density at radius 2 is 2.06 bits per heavy atom. The molecule has 5 atom stereocenters. The van der Waals surface area contributed by atoms with Crippen LogP contribution in [0.2, 0.25) is 5.02 Å². The number of carboxylic acids is 1. The van der Waals surface area contributed by atoms with Crippen molar-refractivity contribution in [3.05, 3.63) is 41.9 Å². The number of para-hydroxylation sites is 1. The minimum atomic E-state index is -1.17. The summed E-state index contributed by atoms with van der Waals surface area (Å²) in [5.74, 6) is -3.62. The number of rotatable bonds is 10. The predicted octanol–water partition coefficient (Wildman–Crippen LogP) is 2.48. The number of aliphatic carboxylic acids is 1. The van der Waals surface area contributed by atoms with Gasteiger partial charge in [0.15, 0.2) is 0 Å². The topological polar surface area (TPSA) is 107 Å². The second-order valence-corrected chi connectivity index (χ2v) is 9.31. The lowest BCUT2D eigenvalue weighted by Gasteiger charge is -2.37. The first-order valence-electron chi connectivity index (χ1n) is 11.4. The first-order chi connectivity index (χ1) is 15.9. The van der Waals surface area contributed by atoms with Crippen LogP contribution in [-0.2, 0) is 19.1 Å². The molecular formula is C24H29ClN2O6. The SMILES string of the molecule is C=CCN(C(=O)[C@H]1N(CCCCCO)C(=O)[C@@H]2[C@@H](C(=O)O)[C@H]3CC[C@]21O3)c1ccccc1Cl. The van der Waals surface area contributed by atoms with Gasteiger partial charge < -0.3 is 24.7 Å². The molecule has 0 unspecified atom stereocenters. The van der Waals surface area contributed by atoms with Gasteiger partial charge in [-0.2, -0.15) is 0 Å². The third-order valence-electron chi connectivity index (χ3n) is 7.10. The molecule has 3 saturated heterocycles. The Morgan fingerprint density at radius 1 is 1.30 bits per heavy atom. The van der Waals surface area contributed by atoms with Crippen LogP contribution >= 0.6 is 11.6 Å². The summed E-state index contributed by atoms with van der Waals surface area (Å²) in [6, 6.07) is 6.01. The highest BCUT2D eigenvalue weighted by Gasteiger charge is 2.74. The Balaban J connectivity index is 1.74. The van der Waals surface area contributed by atoms with Crippen LogP contribution in [0.5, 0.6) is 0 Å². The second kappa shape index (κ2) is 9.44. The summed E-state index contributed by atoms with van der Waals surface area (Å²) in [5, 5.41) is 19.3. The monoisotopic (exact) mass is 476 g/mol. The molecule has 0 aliphatic carbocycles. The minimum Gasteiger partial charge on any atom is -0.481 e. The molecule has 0 saturated carbocycles. The molecule has 2 bridgehead atoms. The molecule has 1 spiro atoms. The number of amides is 2. The molecule has 1 aromatic carbocycles. The van der Waals surface area contributed by atoms with E-state index in [4.69, 9.17) is 21.4 Å². The summed E-state index contributed by atoms with van der Waals surface area (Å²) < 4.78 is 6.22. The maximum Gasteiger partial charge on any atom is 0.310 e. The average molecular weight is 477 g/mol. The van der Waals surface area contributed by atoms with Crippen LogP contribution in [-0.4, -0.2) is 70.3 Å². The van der Waals surface area contributed by atoms with E-state index in [1.54, 1.807) is 30.3 Å². The Bertz CT molecular complexity index is 955. The van der Waals surface area contributed by atoms with Crippen molar-refractivity contribution < 1.29 is 29.3 Å². The maximum atomic E-state index is 14.1. The highest BCUT2D eigenvalue weighted by Crippen LogP contribution is 2.58. The number of carbonyl (C=O) groups is 3. The largest absolute Gasteiger partial charge is 0.481 e. The number of fused-ring (bicyclic) bond motifs is 1. The number of carbonyl (C=O) groups excluding carboxylic acids is 2. The molecule has 178 valence electrons. The van der Waals surface area contributed by atoms with Gasteiger partial charge in [0.05, 0.1) is 28.6 Å². The standard InChI is InChI=1S/C24H29ClN2O6/c1-2-12-26(16-9-5-4-8-15(16)25)22(30)20-24-11-10-17(33-24)18(23(31)32)19(24)21(29)27(20)13-6-3-7-14-28/h2,4-5,8-9,17-20,28H,1,3,6-7,10-14H2,(H,31,32)/t17-,18+,19+,20-,24+/m1/s1. The quantitative estimate of drug-likeness (QED) is 0.397. The number of ether oxygens (including phenoxy) is 1. The molecule has 3 heterocycles. The van der Waals surface area contributed by atoms with Gasteiger partial charge in [0.2, 0.25) is 5.91 Å². The van der Waals surface area contributed by atoms with Crippen molar-refractivity contribution in [1.29, 1.82) is 0 Å². The van der Waals surface area contributed by atoms with Crippen LogP contribution in [0.25, 0.3) is 0 Å². The lowest BCUT2D eigenvalue weighted by atomic mass is 9.70. The van der Waals surface area contributed by atoms with Gasteiger partial charge in [-0.1, -0.05) is 29.8 Å². The number of carboxylic acid groups (broad SMARTS) is 1. The highest BCUT2D eigenvalue weighted by molar-refractivity contribution is 6.34. The molecule has 3 aliphatic rings. The van der Waals surface area contributed by atoms with Crippen LogP contribution in [0.4, 0.5) is 5.69 Å². The number of likely N-dealkylation sites (tertiary alicyclic amines) is 1. The number of benzene rings is 1. The number of hydrogen-bond acceptors (Lipinski definition) is 5. The van der Waals surface area contributed by atoms with Crippen molar-refractivity contribution >= 4 is 35.1 Å². The molecule has 9 heteroatoms. The lowest BCUT2D eigenvalue weighted by Crippen LogP contribution is -2.56. The molecule has 1 aromatic rings. The number of aliphatic hydroxyl groups excluding tert-OH is 1. The molecule has 33 heavy (non-hydrogen) atoms. The van der Waals surface area contributed by atoms with Crippen LogP contribution in [0.3, 0.4) is 0 Å². The molecular weight excluding hydrogens is 448 g/mol. The van der Waals surface area contributed by atoms with Gasteiger partial charge in [-0.3, -0.25) is 14.4 Å². The normalized spacial score (nSPS) is 29.9. The van der Waals surface area contributed by atoms with Crippen LogP contribution in [0.15, 0.2) is 36.9 Å². The predicted molar refractivity (Wildman–Crippen MR) is 122 cm³/mol. The van der Waals surface area contributed by atoms with Gasteiger partial charge in [0.25, 0.3) is 5.91 Å². The fourth-order valence-electron chi connectivity index (χ4n) is 5.78. The number of unbranched alkanes of at least 4 members (excludes halogenated alkanes) is 2. The molecule has 0 radical (unpaired) electrons. The summed E-state index contributed by atoms with van der Waals surface area (Å²) in [5.41, 5.74) is -0.668. The highest BCUT2D eigenvalue weighted by atomic mass is 35.5. The molecule has 4 rings (SSSR count). The summed E-state index contributed by atoms with van der Waals surface area (Å²) in [6.45, 7) is 4.28. The van der Waals surface area contributed by atoms with Gasteiger partial charge in [-0.25, -0.2) is 0 Å². The fraction of sp³-hybridized carbons (Fsp3) is 0.542. The number of aliphatic hydroxyl groups is 1. The van der Waals surface area contributed by atoms with Crippen LogP contribution in [0.1, 0.15) is 32.1 Å². The van der Waals surface area contributed by atoms with E-state index in [9.17, 15) is 19.5 Å². The summed E-state index contributed by atoms with van der Waals surface area (Å²) in [6.07, 6.45) is 3.83. The zero-order valence-electron chi connectivity index (χ0n) is 18.4. The molecule has 2 amide bonds. The van der Waals surface area contributed by atoms with Crippen molar-refractivity contribution in [3.8, 4) is 0 Å². The molecule has 3 fully saturated rings. The summed E-state index contributed by atoms with van der Waals surface area (Å²) >= 11 is 6.40. The van der Waals surface area contributed by atoms with Crippen molar-refractivity contribution in [2.45, 2.75) is 49.9 Å².